The molecule has 1 aromatic heterocycles. The molecular formula is C19H21ClN3O8P. The van der Waals surface area contributed by atoms with Crippen molar-refractivity contribution in [1.29, 1.82) is 5.26 Å². The van der Waals surface area contributed by atoms with Crippen molar-refractivity contribution < 1.29 is 28.0 Å². The van der Waals surface area contributed by atoms with Crippen LogP contribution >= 0.6 is 19.4 Å². The number of rotatable bonds is 9. The molecule has 1 aliphatic rings. The van der Waals surface area contributed by atoms with Crippen LogP contribution in [-0.2, 0) is 18.3 Å². The van der Waals surface area contributed by atoms with E-state index in [1.165, 1.54) is 37.4 Å². The Kier molecular flexibility index (Phi) is 7.90. The molecule has 3 rings (SSSR count). The van der Waals surface area contributed by atoms with Gasteiger partial charge in [0, 0.05) is 23.2 Å². The van der Waals surface area contributed by atoms with Gasteiger partial charge in [0.15, 0.2) is 0 Å². The molecule has 1 unspecified atom stereocenters. The second-order valence-corrected chi connectivity index (χ2v) is 8.89. The highest BCUT2D eigenvalue weighted by atomic mass is 35.5. The van der Waals surface area contributed by atoms with Gasteiger partial charge < -0.3 is 14.4 Å². The third-order valence-corrected chi connectivity index (χ3v) is 6.29. The van der Waals surface area contributed by atoms with Gasteiger partial charge in [-0.25, -0.2) is 9.36 Å². The molecule has 0 radical (unpaired) electrons. The smallest absolute Gasteiger partial charge is 0.404 e. The zero-order chi connectivity index (χ0) is 23.3. The quantitative estimate of drug-likeness (QED) is 0.402. The van der Waals surface area contributed by atoms with Crippen LogP contribution in [0.5, 0.6) is 5.75 Å². The molecular weight excluding hydrogens is 465 g/mol. The Morgan fingerprint density at radius 3 is 2.75 bits per heavy atom. The van der Waals surface area contributed by atoms with Crippen molar-refractivity contribution in [2.45, 2.75) is 38.2 Å². The lowest BCUT2D eigenvalue weighted by atomic mass is 10.2. The van der Waals surface area contributed by atoms with Gasteiger partial charge in [-0.3, -0.25) is 23.4 Å². The van der Waals surface area contributed by atoms with Crippen LogP contribution in [0, 0.1) is 18.3 Å². The summed E-state index contributed by atoms with van der Waals surface area (Å²) in [5, 5.41) is 18.9. The summed E-state index contributed by atoms with van der Waals surface area (Å²) in [5.74, 6) is 0.151. The molecule has 172 valence electrons. The molecule has 0 saturated carbocycles. The molecule has 1 fully saturated rings. The van der Waals surface area contributed by atoms with Gasteiger partial charge in [-0.15, -0.1) is 0 Å². The summed E-state index contributed by atoms with van der Waals surface area (Å²) in [6.45, 7) is 0.802. The Balaban J connectivity index is 1.82. The van der Waals surface area contributed by atoms with E-state index in [4.69, 9.17) is 35.2 Å². The van der Waals surface area contributed by atoms with Gasteiger partial charge in [-0.05, 0) is 31.2 Å². The molecule has 0 spiro atoms. The third kappa shape index (κ3) is 5.86. The van der Waals surface area contributed by atoms with E-state index in [0.29, 0.717) is 5.02 Å². The topological polar surface area (TPSA) is 153 Å². The zero-order valence-corrected chi connectivity index (χ0v) is 18.6. The SMILES string of the molecule is Cc1cn([C@H]2C[C@H](OP(=O)(OCCC#N)Oc3ccc(Cl)cc3)[C@@H](CO)O2)c(=O)[nH]c1=O. The number of phosphoric ester groups is 1. The van der Waals surface area contributed by atoms with Gasteiger partial charge in [0.25, 0.3) is 5.56 Å². The van der Waals surface area contributed by atoms with Crippen LogP contribution in [0.25, 0.3) is 0 Å². The van der Waals surface area contributed by atoms with Crippen molar-refractivity contribution in [2.24, 2.45) is 0 Å². The fraction of sp³-hybridized carbons (Fsp3) is 0.421. The number of aliphatic hydroxyl groups is 1. The number of aryl methyl sites for hydroxylation is 1. The van der Waals surface area contributed by atoms with E-state index >= 15 is 0 Å². The molecule has 2 aromatic rings. The first-order valence-electron chi connectivity index (χ1n) is 9.58. The molecule has 0 bridgehead atoms. The van der Waals surface area contributed by atoms with Crippen LogP contribution in [0.4, 0.5) is 0 Å². The van der Waals surface area contributed by atoms with Gasteiger partial charge in [0.1, 0.15) is 24.2 Å². The summed E-state index contributed by atoms with van der Waals surface area (Å²) in [6, 6.07) is 7.83. The highest BCUT2D eigenvalue weighted by Gasteiger charge is 2.43. The maximum absolute atomic E-state index is 13.3. The van der Waals surface area contributed by atoms with Gasteiger partial charge in [0.2, 0.25) is 0 Å². The Morgan fingerprint density at radius 2 is 2.09 bits per heavy atom. The number of nitrogens with one attached hydrogen (secondary N) is 1. The summed E-state index contributed by atoms with van der Waals surface area (Å²) in [5.41, 5.74) is -0.939. The number of nitrogens with zero attached hydrogens (tertiary/aromatic N) is 2. The molecule has 1 saturated heterocycles. The number of ether oxygens (including phenoxy) is 1. The molecule has 1 aliphatic heterocycles. The highest BCUT2D eigenvalue weighted by Crippen LogP contribution is 2.53. The van der Waals surface area contributed by atoms with Crippen LogP contribution in [-0.4, -0.2) is 40.1 Å². The van der Waals surface area contributed by atoms with Crippen LogP contribution in [0.3, 0.4) is 0 Å². The average Bonchev–Trinajstić information content (AvgIpc) is 3.14. The lowest BCUT2D eigenvalue weighted by molar-refractivity contribution is -0.0460. The fourth-order valence-electron chi connectivity index (χ4n) is 3.02. The van der Waals surface area contributed by atoms with Crippen LogP contribution < -0.4 is 15.8 Å². The summed E-state index contributed by atoms with van der Waals surface area (Å²) in [4.78, 5) is 26.0. The Hall–Kier alpha value is -2.45. The van der Waals surface area contributed by atoms with Crippen molar-refractivity contribution in [1.82, 2.24) is 9.55 Å². The van der Waals surface area contributed by atoms with Gasteiger partial charge in [0.05, 0.1) is 25.7 Å². The van der Waals surface area contributed by atoms with Crippen molar-refractivity contribution in [3.8, 4) is 11.8 Å². The summed E-state index contributed by atoms with van der Waals surface area (Å²) < 4.78 is 36.5. The fourth-order valence-corrected chi connectivity index (χ4v) is 4.55. The minimum absolute atomic E-state index is 0.00615. The van der Waals surface area contributed by atoms with Crippen molar-refractivity contribution in [3.05, 3.63) is 61.9 Å². The molecule has 2 heterocycles. The molecule has 11 nitrogen and oxygen atoms in total. The van der Waals surface area contributed by atoms with Crippen LogP contribution in [0.15, 0.2) is 40.1 Å². The van der Waals surface area contributed by atoms with Crippen molar-refractivity contribution >= 4 is 19.4 Å². The number of aromatic amines is 1. The Morgan fingerprint density at radius 1 is 1.38 bits per heavy atom. The number of hydrogen-bond acceptors (Lipinski definition) is 9. The number of phosphoric acid groups is 1. The first kappa shape index (κ1) is 24.2. The predicted octanol–water partition coefficient (Wildman–Crippen LogP) is 2.28. The molecule has 32 heavy (non-hydrogen) atoms. The van der Waals surface area contributed by atoms with Gasteiger partial charge in [-0.2, -0.15) is 5.26 Å². The van der Waals surface area contributed by atoms with Crippen molar-refractivity contribution in [3.63, 3.8) is 0 Å². The molecule has 0 amide bonds. The molecule has 4 atom stereocenters. The van der Waals surface area contributed by atoms with E-state index in [1.807, 2.05) is 6.07 Å². The maximum Gasteiger partial charge on any atom is 0.530 e. The number of H-pyrrole nitrogens is 1. The maximum atomic E-state index is 13.3. The predicted molar refractivity (Wildman–Crippen MR) is 112 cm³/mol. The van der Waals surface area contributed by atoms with Crippen LogP contribution in [0.1, 0.15) is 24.6 Å². The first-order valence-corrected chi connectivity index (χ1v) is 11.4. The van der Waals surface area contributed by atoms with E-state index < -0.39 is 44.1 Å². The second-order valence-electron chi connectivity index (χ2n) is 6.90. The van der Waals surface area contributed by atoms with Crippen LogP contribution in [0.2, 0.25) is 5.02 Å². The number of halogens is 1. The third-order valence-electron chi connectivity index (χ3n) is 4.58. The van der Waals surface area contributed by atoms with E-state index in [-0.39, 0.29) is 30.8 Å². The van der Waals surface area contributed by atoms with Crippen molar-refractivity contribution in [2.75, 3.05) is 13.2 Å². The molecule has 2 N–H and O–H groups in total. The summed E-state index contributed by atoms with van der Waals surface area (Å²) >= 11 is 5.85. The summed E-state index contributed by atoms with van der Waals surface area (Å²) in [6.07, 6.45) is -1.56. The monoisotopic (exact) mass is 485 g/mol. The number of aromatic nitrogens is 2. The van der Waals surface area contributed by atoms with E-state index in [9.17, 15) is 19.3 Å². The number of nitriles is 1. The molecule has 1 aromatic carbocycles. The van der Waals surface area contributed by atoms with E-state index in [0.717, 1.165) is 4.57 Å². The van der Waals surface area contributed by atoms with E-state index in [1.54, 1.807) is 0 Å². The second kappa shape index (κ2) is 10.4. The lowest BCUT2D eigenvalue weighted by Gasteiger charge is -2.23. The first-order chi connectivity index (χ1) is 15.2. The lowest BCUT2D eigenvalue weighted by Crippen LogP contribution is -2.33. The number of benzene rings is 1. The summed E-state index contributed by atoms with van der Waals surface area (Å²) in [7, 11) is -4.26. The normalized spacial score (nSPS) is 22.2. The largest absolute Gasteiger partial charge is 0.530 e. The van der Waals surface area contributed by atoms with Gasteiger partial charge >= 0.3 is 13.5 Å². The Bertz CT molecular complexity index is 1140. The van der Waals surface area contributed by atoms with E-state index in [2.05, 4.69) is 4.98 Å². The Labute approximate surface area is 187 Å². The minimum atomic E-state index is -4.26. The van der Waals surface area contributed by atoms with Gasteiger partial charge in [-0.1, -0.05) is 11.6 Å². The number of hydrogen-bond donors (Lipinski definition) is 2. The highest BCUT2D eigenvalue weighted by molar-refractivity contribution is 7.49. The standard InChI is InChI=1S/C19H21ClN3O8P/c1-12-10-23(19(26)22-18(12)25)17-9-15(16(11-24)29-17)31-32(27,28-8-2-7-21)30-14-5-3-13(20)4-6-14/h3-6,10,15-17,24H,2,8-9,11H2,1H3,(H,22,25,26)/t15-,16+,17+,32?/m0/s1. The molecule has 0 aliphatic carbocycles. The number of aliphatic hydroxyl groups excluding tert-OH is 1. The zero-order valence-electron chi connectivity index (χ0n) is 17.0. The average molecular weight is 486 g/mol. The minimum Gasteiger partial charge on any atom is -0.404 e. The molecule has 13 heteroatoms.